The van der Waals surface area contributed by atoms with Crippen molar-refractivity contribution < 1.29 is 4.42 Å². The fourth-order valence-electron chi connectivity index (χ4n) is 1.26. The molecule has 2 rings (SSSR count). The standard InChI is InChI=1S/C10H10ClNO.ClH/c1-6(12)10-5-7-4-8(11)2-3-9(7)13-10;/h2-6H,12H2,1H3;1H. The molecule has 0 fully saturated rings. The summed E-state index contributed by atoms with van der Waals surface area (Å²) in [5.74, 6) is 0.789. The molecule has 2 aromatic rings. The molecule has 2 N–H and O–H groups in total. The van der Waals surface area contributed by atoms with Crippen LogP contribution in [-0.2, 0) is 0 Å². The van der Waals surface area contributed by atoms with Crippen LogP contribution >= 0.6 is 24.0 Å². The summed E-state index contributed by atoms with van der Waals surface area (Å²) in [5.41, 5.74) is 6.52. The van der Waals surface area contributed by atoms with E-state index in [0.717, 1.165) is 16.7 Å². The molecule has 0 aliphatic heterocycles. The van der Waals surface area contributed by atoms with Crippen LogP contribution in [-0.4, -0.2) is 0 Å². The topological polar surface area (TPSA) is 39.2 Å². The van der Waals surface area contributed by atoms with E-state index in [4.69, 9.17) is 21.8 Å². The number of nitrogens with two attached hydrogens (primary N) is 1. The zero-order chi connectivity index (χ0) is 9.42. The Balaban J connectivity index is 0.000000980. The van der Waals surface area contributed by atoms with Gasteiger partial charge in [-0.3, -0.25) is 0 Å². The van der Waals surface area contributed by atoms with Crippen molar-refractivity contribution in [3.63, 3.8) is 0 Å². The van der Waals surface area contributed by atoms with Crippen LogP contribution in [0.3, 0.4) is 0 Å². The molecule has 2 nitrogen and oxygen atoms in total. The highest BCUT2D eigenvalue weighted by molar-refractivity contribution is 6.31. The summed E-state index contributed by atoms with van der Waals surface area (Å²) in [6, 6.07) is 7.37. The summed E-state index contributed by atoms with van der Waals surface area (Å²) >= 11 is 5.83. The Morgan fingerprint density at radius 2 is 2.07 bits per heavy atom. The van der Waals surface area contributed by atoms with E-state index in [1.807, 2.05) is 25.1 Å². The van der Waals surface area contributed by atoms with Crippen LogP contribution < -0.4 is 5.73 Å². The first-order valence-corrected chi connectivity index (χ1v) is 4.49. The third kappa shape index (κ3) is 2.03. The lowest BCUT2D eigenvalue weighted by atomic mass is 10.2. The number of hydrogen-bond acceptors (Lipinski definition) is 2. The lowest BCUT2D eigenvalue weighted by Crippen LogP contribution is -2.02. The van der Waals surface area contributed by atoms with Crippen LogP contribution in [0.1, 0.15) is 18.7 Å². The minimum absolute atomic E-state index is 0. The van der Waals surface area contributed by atoms with Gasteiger partial charge >= 0.3 is 0 Å². The summed E-state index contributed by atoms with van der Waals surface area (Å²) in [7, 11) is 0. The van der Waals surface area contributed by atoms with E-state index < -0.39 is 0 Å². The van der Waals surface area contributed by atoms with E-state index in [0.29, 0.717) is 5.02 Å². The molecule has 0 saturated heterocycles. The number of fused-ring (bicyclic) bond motifs is 1. The van der Waals surface area contributed by atoms with Crippen molar-refractivity contribution in [2.45, 2.75) is 13.0 Å². The van der Waals surface area contributed by atoms with Crippen molar-refractivity contribution in [3.05, 3.63) is 35.0 Å². The van der Waals surface area contributed by atoms with Crippen LogP contribution in [0.4, 0.5) is 0 Å². The lowest BCUT2D eigenvalue weighted by molar-refractivity contribution is 0.513. The van der Waals surface area contributed by atoms with Gasteiger partial charge in [0.2, 0.25) is 0 Å². The smallest absolute Gasteiger partial charge is 0.134 e. The molecule has 1 atom stereocenters. The molecule has 1 aromatic carbocycles. The van der Waals surface area contributed by atoms with Gasteiger partial charge < -0.3 is 10.2 Å². The molecule has 0 bridgehead atoms. The Hall–Kier alpha value is -0.700. The Labute approximate surface area is 93.4 Å². The Morgan fingerprint density at radius 1 is 1.36 bits per heavy atom. The second-order valence-corrected chi connectivity index (χ2v) is 3.56. The molecule has 1 heterocycles. The third-order valence-electron chi connectivity index (χ3n) is 1.95. The van der Waals surface area contributed by atoms with Gasteiger partial charge in [0.05, 0.1) is 6.04 Å². The highest BCUT2D eigenvalue weighted by Crippen LogP contribution is 2.25. The van der Waals surface area contributed by atoms with Crippen molar-refractivity contribution in [1.29, 1.82) is 0 Å². The van der Waals surface area contributed by atoms with Crippen molar-refractivity contribution >= 4 is 35.0 Å². The molecular formula is C10H11Cl2NO. The van der Waals surface area contributed by atoms with E-state index in [1.165, 1.54) is 0 Å². The van der Waals surface area contributed by atoms with Crippen molar-refractivity contribution in [1.82, 2.24) is 0 Å². The first kappa shape index (κ1) is 11.4. The lowest BCUT2D eigenvalue weighted by Gasteiger charge is -1.96. The number of furan rings is 1. The average molecular weight is 232 g/mol. The molecule has 0 amide bonds. The average Bonchev–Trinajstić information content (AvgIpc) is 2.46. The van der Waals surface area contributed by atoms with Gasteiger partial charge in [-0.2, -0.15) is 0 Å². The number of benzene rings is 1. The van der Waals surface area contributed by atoms with Crippen LogP contribution in [0.2, 0.25) is 5.02 Å². The summed E-state index contributed by atoms with van der Waals surface area (Å²) in [4.78, 5) is 0. The molecular weight excluding hydrogens is 221 g/mol. The van der Waals surface area contributed by atoms with Gasteiger partial charge in [-0.05, 0) is 31.2 Å². The van der Waals surface area contributed by atoms with Gasteiger partial charge in [0.15, 0.2) is 0 Å². The molecule has 1 unspecified atom stereocenters. The summed E-state index contributed by atoms with van der Waals surface area (Å²) in [6.45, 7) is 1.89. The van der Waals surface area contributed by atoms with Gasteiger partial charge in [-0.25, -0.2) is 0 Å². The zero-order valence-corrected chi connectivity index (χ0v) is 9.23. The highest BCUT2D eigenvalue weighted by Gasteiger charge is 2.07. The molecule has 4 heteroatoms. The fraction of sp³-hybridized carbons (Fsp3) is 0.200. The van der Waals surface area contributed by atoms with E-state index in [1.54, 1.807) is 6.07 Å². The van der Waals surface area contributed by atoms with E-state index in [9.17, 15) is 0 Å². The quantitative estimate of drug-likeness (QED) is 0.816. The second kappa shape index (κ2) is 4.22. The predicted octanol–water partition coefficient (Wildman–Crippen LogP) is 3.53. The van der Waals surface area contributed by atoms with Crippen LogP contribution in [0, 0.1) is 0 Å². The van der Waals surface area contributed by atoms with Crippen LogP contribution in [0.15, 0.2) is 28.7 Å². The number of halogens is 2. The summed E-state index contributed by atoms with van der Waals surface area (Å²) in [5, 5.41) is 1.71. The Kier molecular flexibility index (Phi) is 3.43. The Morgan fingerprint density at radius 3 is 2.71 bits per heavy atom. The molecule has 76 valence electrons. The summed E-state index contributed by atoms with van der Waals surface area (Å²) < 4.78 is 5.50. The van der Waals surface area contributed by atoms with E-state index >= 15 is 0 Å². The molecule has 0 spiro atoms. The zero-order valence-electron chi connectivity index (χ0n) is 7.66. The van der Waals surface area contributed by atoms with Crippen molar-refractivity contribution in [2.24, 2.45) is 5.73 Å². The molecule has 0 saturated carbocycles. The normalized spacial score (nSPS) is 12.5. The monoisotopic (exact) mass is 231 g/mol. The molecule has 0 aliphatic carbocycles. The largest absolute Gasteiger partial charge is 0.459 e. The first-order valence-electron chi connectivity index (χ1n) is 4.11. The van der Waals surface area contributed by atoms with E-state index in [2.05, 4.69) is 0 Å². The maximum atomic E-state index is 5.83. The van der Waals surface area contributed by atoms with Gasteiger partial charge in [0, 0.05) is 10.4 Å². The van der Waals surface area contributed by atoms with Crippen LogP contribution in [0.5, 0.6) is 0 Å². The maximum Gasteiger partial charge on any atom is 0.134 e. The van der Waals surface area contributed by atoms with Gasteiger partial charge in [-0.1, -0.05) is 11.6 Å². The molecule has 0 aliphatic rings. The molecule has 0 radical (unpaired) electrons. The molecule has 14 heavy (non-hydrogen) atoms. The maximum absolute atomic E-state index is 5.83. The van der Waals surface area contributed by atoms with Crippen molar-refractivity contribution in [2.75, 3.05) is 0 Å². The minimum atomic E-state index is -0.0776. The fourth-order valence-corrected chi connectivity index (χ4v) is 1.44. The second-order valence-electron chi connectivity index (χ2n) is 3.12. The Bertz CT molecular complexity index is 437. The van der Waals surface area contributed by atoms with Gasteiger partial charge in [-0.15, -0.1) is 12.4 Å². The van der Waals surface area contributed by atoms with Gasteiger partial charge in [0.1, 0.15) is 11.3 Å². The van der Waals surface area contributed by atoms with E-state index in [-0.39, 0.29) is 18.4 Å². The number of hydrogen-bond donors (Lipinski definition) is 1. The van der Waals surface area contributed by atoms with Gasteiger partial charge in [0.25, 0.3) is 0 Å². The van der Waals surface area contributed by atoms with Crippen LogP contribution in [0.25, 0.3) is 11.0 Å². The van der Waals surface area contributed by atoms with Crippen molar-refractivity contribution in [3.8, 4) is 0 Å². The summed E-state index contributed by atoms with van der Waals surface area (Å²) in [6.07, 6.45) is 0. The third-order valence-corrected chi connectivity index (χ3v) is 2.18. The predicted molar refractivity (Wildman–Crippen MR) is 61.1 cm³/mol. The first-order chi connectivity index (χ1) is 6.16. The highest BCUT2D eigenvalue weighted by atomic mass is 35.5. The molecule has 1 aromatic heterocycles. The SMILES string of the molecule is CC(N)c1cc2cc(Cl)ccc2o1.Cl. The minimum Gasteiger partial charge on any atom is -0.459 e. The number of rotatable bonds is 1.